The van der Waals surface area contributed by atoms with Gasteiger partial charge in [-0.1, -0.05) is 23.2 Å². The van der Waals surface area contributed by atoms with Gasteiger partial charge in [0.25, 0.3) is 11.2 Å². The Bertz CT molecular complexity index is 985. The van der Waals surface area contributed by atoms with Crippen LogP contribution in [0, 0.1) is 32.8 Å². The summed E-state index contributed by atoms with van der Waals surface area (Å²) in [5, 5.41) is 29.4. The van der Waals surface area contributed by atoms with Crippen LogP contribution in [-0.2, 0) is 0 Å². The molecule has 0 aliphatic rings. The third kappa shape index (κ3) is 2.69. The van der Waals surface area contributed by atoms with E-state index >= 15 is 0 Å². The van der Waals surface area contributed by atoms with E-state index in [1.807, 2.05) is 0 Å². The number of anilines is 1. The van der Waals surface area contributed by atoms with Gasteiger partial charge in [-0.2, -0.15) is 10.5 Å². The summed E-state index contributed by atoms with van der Waals surface area (Å²) in [6.07, 6.45) is 0. The van der Waals surface area contributed by atoms with Gasteiger partial charge in [-0.05, 0) is 12.1 Å². The number of nitrogens with zero attached hydrogens (tertiary/aromatic N) is 3. The van der Waals surface area contributed by atoms with Gasteiger partial charge >= 0.3 is 0 Å². The number of hydrogen-bond donors (Lipinski definition) is 2. The molecule has 8 nitrogen and oxygen atoms in total. The molecule has 23 heavy (non-hydrogen) atoms. The van der Waals surface area contributed by atoms with Gasteiger partial charge in [0.15, 0.2) is 0 Å². The molecule has 1 aromatic carbocycles. The first-order valence-corrected chi connectivity index (χ1v) is 6.57. The van der Waals surface area contributed by atoms with E-state index in [2.05, 4.69) is 4.98 Å². The number of aromatic amines is 1. The molecule has 2 rings (SSSR count). The lowest BCUT2D eigenvalue weighted by molar-refractivity contribution is -0.384. The molecule has 0 fully saturated rings. The minimum Gasteiger partial charge on any atom is -0.384 e. The highest BCUT2D eigenvalue weighted by atomic mass is 35.5. The van der Waals surface area contributed by atoms with Crippen LogP contribution in [0.15, 0.2) is 16.9 Å². The number of nitro groups is 1. The average Bonchev–Trinajstić information content (AvgIpc) is 2.45. The molecular formula is C13H5Cl2N5O3. The van der Waals surface area contributed by atoms with Crippen molar-refractivity contribution >= 4 is 34.7 Å². The Morgan fingerprint density at radius 2 is 1.83 bits per heavy atom. The number of nitro benzene ring substituents is 1. The van der Waals surface area contributed by atoms with E-state index in [0.29, 0.717) is 0 Å². The van der Waals surface area contributed by atoms with Crippen molar-refractivity contribution in [3.05, 3.63) is 53.8 Å². The van der Waals surface area contributed by atoms with Crippen LogP contribution in [0.2, 0.25) is 10.0 Å². The van der Waals surface area contributed by atoms with E-state index in [9.17, 15) is 25.4 Å². The molecule has 0 atom stereocenters. The Kier molecular flexibility index (Phi) is 4.23. The van der Waals surface area contributed by atoms with E-state index in [1.165, 1.54) is 0 Å². The zero-order chi connectivity index (χ0) is 17.3. The van der Waals surface area contributed by atoms with Crippen LogP contribution < -0.4 is 11.3 Å². The molecule has 0 aliphatic heterocycles. The molecule has 10 heteroatoms. The fraction of sp³-hybridized carbons (Fsp3) is 0. The smallest absolute Gasteiger partial charge is 0.295 e. The van der Waals surface area contributed by atoms with Crippen molar-refractivity contribution in [1.29, 1.82) is 10.5 Å². The second-order valence-corrected chi connectivity index (χ2v) is 5.10. The first-order chi connectivity index (χ1) is 10.8. The van der Waals surface area contributed by atoms with Gasteiger partial charge in [0.1, 0.15) is 34.1 Å². The quantitative estimate of drug-likeness (QED) is 0.628. The summed E-state index contributed by atoms with van der Waals surface area (Å²) in [6.45, 7) is 0. The number of nitrogens with one attached hydrogen (secondary N) is 1. The zero-order valence-electron chi connectivity index (χ0n) is 11.1. The van der Waals surface area contributed by atoms with Crippen molar-refractivity contribution in [3.63, 3.8) is 0 Å². The molecule has 1 aromatic heterocycles. The van der Waals surface area contributed by atoms with Crippen molar-refractivity contribution in [1.82, 2.24) is 4.98 Å². The van der Waals surface area contributed by atoms with E-state index in [4.69, 9.17) is 28.9 Å². The summed E-state index contributed by atoms with van der Waals surface area (Å²) in [7, 11) is 0. The van der Waals surface area contributed by atoms with E-state index in [-0.39, 0.29) is 32.6 Å². The SMILES string of the molecule is N#Cc1c(N)[nH]c(=O)c(C#N)c1-c1cc(Cl)cc(Cl)c1[N+](=O)[O-]. The highest BCUT2D eigenvalue weighted by Crippen LogP contribution is 2.41. The molecular weight excluding hydrogens is 345 g/mol. The summed E-state index contributed by atoms with van der Waals surface area (Å²) in [5.41, 5.74) is 2.78. The lowest BCUT2D eigenvalue weighted by atomic mass is 9.95. The molecule has 0 bridgehead atoms. The lowest BCUT2D eigenvalue weighted by Crippen LogP contribution is -2.16. The first-order valence-electron chi connectivity index (χ1n) is 5.81. The van der Waals surface area contributed by atoms with Crippen LogP contribution in [0.1, 0.15) is 11.1 Å². The Morgan fingerprint density at radius 1 is 1.22 bits per heavy atom. The molecule has 114 valence electrons. The number of aromatic nitrogens is 1. The maximum atomic E-state index is 11.9. The van der Waals surface area contributed by atoms with Crippen molar-refractivity contribution in [2.24, 2.45) is 0 Å². The van der Waals surface area contributed by atoms with Gasteiger partial charge in [-0.15, -0.1) is 0 Å². The van der Waals surface area contributed by atoms with Crippen LogP contribution in [0.3, 0.4) is 0 Å². The maximum absolute atomic E-state index is 11.9. The number of rotatable bonds is 2. The number of H-pyrrole nitrogens is 1. The van der Waals surface area contributed by atoms with E-state index in [1.54, 1.807) is 12.1 Å². The van der Waals surface area contributed by atoms with Gasteiger partial charge in [-0.3, -0.25) is 14.9 Å². The molecule has 0 amide bonds. The van der Waals surface area contributed by atoms with Crippen LogP contribution in [0.5, 0.6) is 0 Å². The van der Waals surface area contributed by atoms with Crippen LogP contribution in [-0.4, -0.2) is 9.91 Å². The third-order valence-electron chi connectivity index (χ3n) is 2.95. The zero-order valence-corrected chi connectivity index (χ0v) is 12.6. The predicted octanol–water partition coefficient (Wildman–Crippen LogP) is 2.58. The van der Waals surface area contributed by atoms with Crippen molar-refractivity contribution in [2.45, 2.75) is 0 Å². The van der Waals surface area contributed by atoms with Gasteiger partial charge in [0, 0.05) is 10.6 Å². The highest BCUT2D eigenvalue weighted by molar-refractivity contribution is 6.36. The molecule has 0 saturated carbocycles. The Balaban J connectivity index is 3.11. The van der Waals surface area contributed by atoms with Crippen LogP contribution >= 0.6 is 23.2 Å². The monoisotopic (exact) mass is 349 g/mol. The second kappa shape index (κ2) is 5.97. The summed E-state index contributed by atoms with van der Waals surface area (Å²) in [4.78, 5) is 24.5. The highest BCUT2D eigenvalue weighted by Gasteiger charge is 2.27. The first kappa shape index (κ1) is 16.3. The van der Waals surface area contributed by atoms with Crippen LogP contribution in [0.25, 0.3) is 11.1 Å². The standard InChI is InChI=1S/C13H5Cl2N5O3/c14-5-1-6(11(20(22)23)9(15)2-5)10-7(3-16)12(18)19-13(21)8(10)4-17/h1-2H,(H3,18,19,21). The second-order valence-electron chi connectivity index (χ2n) is 4.26. The number of pyridine rings is 1. The van der Waals surface area contributed by atoms with Crippen molar-refractivity contribution < 1.29 is 4.92 Å². The fourth-order valence-corrected chi connectivity index (χ4v) is 2.62. The molecule has 0 unspecified atom stereocenters. The largest absolute Gasteiger partial charge is 0.384 e. The Labute approximate surface area is 138 Å². The van der Waals surface area contributed by atoms with Crippen molar-refractivity contribution in [2.75, 3.05) is 5.73 Å². The van der Waals surface area contributed by atoms with Gasteiger partial charge in [0.05, 0.1) is 10.5 Å². The number of benzene rings is 1. The average molecular weight is 350 g/mol. The van der Waals surface area contributed by atoms with Gasteiger partial charge < -0.3 is 10.7 Å². The molecule has 1 heterocycles. The van der Waals surface area contributed by atoms with Gasteiger partial charge in [0.2, 0.25) is 0 Å². The summed E-state index contributed by atoms with van der Waals surface area (Å²) < 4.78 is 0. The molecule has 0 spiro atoms. The lowest BCUT2D eigenvalue weighted by Gasteiger charge is -2.10. The van der Waals surface area contributed by atoms with Gasteiger partial charge in [-0.25, -0.2) is 0 Å². The minimum atomic E-state index is -0.885. The van der Waals surface area contributed by atoms with Crippen LogP contribution in [0.4, 0.5) is 11.5 Å². The number of nitrogens with two attached hydrogens (primary N) is 1. The summed E-state index contributed by atoms with van der Waals surface area (Å²) >= 11 is 11.7. The third-order valence-corrected chi connectivity index (χ3v) is 3.45. The number of nitriles is 2. The van der Waals surface area contributed by atoms with Crippen molar-refractivity contribution in [3.8, 4) is 23.3 Å². The molecule has 2 aromatic rings. The number of nitrogen functional groups attached to an aromatic ring is 1. The molecule has 0 radical (unpaired) electrons. The number of halogens is 2. The Morgan fingerprint density at radius 3 is 2.35 bits per heavy atom. The predicted molar refractivity (Wildman–Crippen MR) is 83.0 cm³/mol. The number of hydrogen-bond acceptors (Lipinski definition) is 6. The fourth-order valence-electron chi connectivity index (χ4n) is 2.05. The Hall–Kier alpha value is -3.07. The van der Waals surface area contributed by atoms with E-state index in [0.717, 1.165) is 12.1 Å². The normalized spacial score (nSPS) is 9.91. The summed E-state index contributed by atoms with van der Waals surface area (Å²) in [5.74, 6) is -0.322. The molecule has 0 saturated heterocycles. The minimum absolute atomic E-state index is 0.0298. The van der Waals surface area contributed by atoms with E-state index < -0.39 is 21.7 Å². The maximum Gasteiger partial charge on any atom is 0.295 e. The topological polar surface area (TPSA) is 150 Å². The molecule has 3 N–H and O–H groups in total. The molecule has 0 aliphatic carbocycles. The summed E-state index contributed by atoms with van der Waals surface area (Å²) in [6, 6.07) is 5.60.